The highest BCUT2D eigenvalue weighted by molar-refractivity contribution is 14.1. The smallest absolute Gasteiger partial charge is 0.363 e. The van der Waals surface area contributed by atoms with Crippen molar-refractivity contribution in [2.24, 2.45) is 4.99 Å². The minimum atomic E-state index is -0.480. The van der Waals surface area contributed by atoms with Gasteiger partial charge in [0.05, 0.1) is 10.7 Å². The monoisotopic (exact) mass is 763 g/mol. The van der Waals surface area contributed by atoms with Crippen molar-refractivity contribution in [2.45, 2.75) is 6.61 Å². The number of nitrogens with zero attached hydrogens (tertiary/aromatic N) is 1. The first-order valence-corrected chi connectivity index (χ1v) is 12.7. The van der Waals surface area contributed by atoms with Gasteiger partial charge in [-0.3, -0.25) is 0 Å². The first-order chi connectivity index (χ1) is 15.4. The largest absolute Gasteiger partial charge is 0.493 e. The zero-order valence-electron chi connectivity index (χ0n) is 16.8. The lowest BCUT2D eigenvalue weighted by Gasteiger charge is -2.14. The van der Waals surface area contributed by atoms with Crippen LogP contribution in [-0.2, 0) is 16.1 Å². The van der Waals surface area contributed by atoms with Crippen LogP contribution in [0.15, 0.2) is 71.4 Å². The number of aliphatic imine (C=N–C) groups is 1. The van der Waals surface area contributed by atoms with E-state index in [2.05, 4.69) is 72.8 Å². The normalized spacial score (nSPS) is 14.3. The van der Waals surface area contributed by atoms with Gasteiger partial charge in [-0.05, 0) is 122 Å². The maximum atomic E-state index is 12.4. The molecule has 0 saturated carbocycles. The quantitative estimate of drug-likeness (QED) is 0.165. The summed E-state index contributed by atoms with van der Waals surface area (Å²) in [7, 11) is 1.60. The summed E-state index contributed by atoms with van der Waals surface area (Å²) in [6.07, 6.45) is 1.69. The molecule has 162 valence electrons. The average molecular weight is 763 g/mol. The number of hydrogen-bond donors (Lipinski definition) is 0. The van der Waals surface area contributed by atoms with E-state index in [1.807, 2.05) is 60.7 Å². The van der Waals surface area contributed by atoms with Gasteiger partial charge in [0.2, 0.25) is 5.90 Å². The third-order valence-electron chi connectivity index (χ3n) is 4.60. The van der Waals surface area contributed by atoms with Gasteiger partial charge in [-0.1, -0.05) is 18.2 Å². The van der Waals surface area contributed by atoms with Gasteiger partial charge in [-0.15, -0.1) is 0 Å². The Labute approximate surface area is 226 Å². The van der Waals surface area contributed by atoms with Crippen molar-refractivity contribution in [3.8, 4) is 11.5 Å². The predicted molar refractivity (Wildman–Crippen MR) is 149 cm³/mol. The lowest BCUT2D eigenvalue weighted by molar-refractivity contribution is -0.129. The lowest BCUT2D eigenvalue weighted by atomic mass is 10.1. The van der Waals surface area contributed by atoms with Gasteiger partial charge >= 0.3 is 5.97 Å². The van der Waals surface area contributed by atoms with Crippen LogP contribution in [0.3, 0.4) is 0 Å². The highest BCUT2D eigenvalue weighted by atomic mass is 127. The SMILES string of the molecule is COc1cc(/C=C2\N=C(c3ccc(I)cc3)OC2=O)cc(I)c1OCc1ccccc1I. The van der Waals surface area contributed by atoms with Crippen LogP contribution in [0.5, 0.6) is 11.5 Å². The zero-order chi connectivity index (χ0) is 22.7. The summed E-state index contributed by atoms with van der Waals surface area (Å²) in [5, 5.41) is 0. The number of benzene rings is 3. The molecule has 3 aromatic carbocycles. The number of rotatable bonds is 6. The van der Waals surface area contributed by atoms with Crippen molar-refractivity contribution < 1.29 is 19.0 Å². The van der Waals surface area contributed by atoms with Crippen LogP contribution in [0.1, 0.15) is 16.7 Å². The van der Waals surface area contributed by atoms with Crippen LogP contribution < -0.4 is 9.47 Å². The molecule has 0 bridgehead atoms. The van der Waals surface area contributed by atoms with E-state index in [9.17, 15) is 4.79 Å². The van der Waals surface area contributed by atoms with E-state index in [1.165, 1.54) is 0 Å². The van der Waals surface area contributed by atoms with Gasteiger partial charge in [0.25, 0.3) is 0 Å². The molecule has 4 rings (SSSR count). The third-order valence-corrected chi connectivity index (χ3v) is 7.17. The van der Waals surface area contributed by atoms with Gasteiger partial charge in [-0.25, -0.2) is 9.79 Å². The Morgan fingerprint density at radius 1 is 1.00 bits per heavy atom. The number of hydrogen-bond acceptors (Lipinski definition) is 5. The molecule has 0 amide bonds. The molecule has 1 aliphatic rings. The Hall–Kier alpha value is -1.67. The summed E-state index contributed by atoms with van der Waals surface area (Å²) in [6.45, 7) is 0.432. The van der Waals surface area contributed by atoms with Gasteiger partial charge in [0, 0.05) is 18.3 Å². The van der Waals surface area contributed by atoms with E-state index in [0.717, 1.165) is 27.4 Å². The minimum Gasteiger partial charge on any atom is -0.493 e. The molecule has 0 N–H and O–H groups in total. The standard InChI is InChI=1S/C24H16I3NO4/c1-30-21-12-14(10-19(27)22(21)31-13-16-4-2-3-5-18(16)26)11-20-24(29)32-23(28-20)15-6-8-17(25)9-7-15/h2-12H,13H2,1H3/b20-11-. The molecule has 0 saturated heterocycles. The fourth-order valence-corrected chi connectivity index (χ4v) is 4.70. The summed E-state index contributed by atoms with van der Waals surface area (Å²) in [6, 6.07) is 19.5. The number of ether oxygens (including phenoxy) is 3. The molecular formula is C24H16I3NO4. The number of methoxy groups -OCH3 is 1. The summed E-state index contributed by atoms with van der Waals surface area (Å²) in [4.78, 5) is 16.7. The fourth-order valence-electron chi connectivity index (χ4n) is 3.01. The molecule has 3 aromatic rings. The molecule has 5 nitrogen and oxygen atoms in total. The van der Waals surface area contributed by atoms with Crippen LogP contribution in [-0.4, -0.2) is 19.0 Å². The number of halogens is 3. The summed E-state index contributed by atoms with van der Waals surface area (Å²) < 4.78 is 20.1. The molecule has 1 heterocycles. The summed E-state index contributed by atoms with van der Waals surface area (Å²) in [5.74, 6) is 1.07. The number of esters is 1. The third kappa shape index (κ3) is 5.45. The highest BCUT2D eigenvalue weighted by Crippen LogP contribution is 2.36. The summed E-state index contributed by atoms with van der Waals surface area (Å²) >= 11 is 6.72. The van der Waals surface area contributed by atoms with Gasteiger partial charge in [0.15, 0.2) is 17.2 Å². The maximum Gasteiger partial charge on any atom is 0.363 e. The topological polar surface area (TPSA) is 57.1 Å². The number of cyclic esters (lactones) is 1. The van der Waals surface area contributed by atoms with Crippen molar-refractivity contribution in [3.63, 3.8) is 0 Å². The molecule has 0 aliphatic carbocycles. The van der Waals surface area contributed by atoms with E-state index in [-0.39, 0.29) is 5.70 Å². The van der Waals surface area contributed by atoms with Crippen LogP contribution in [0.25, 0.3) is 6.08 Å². The van der Waals surface area contributed by atoms with E-state index < -0.39 is 5.97 Å². The van der Waals surface area contributed by atoms with E-state index >= 15 is 0 Å². The van der Waals surface area contributed by atoms with Crippen LogP contribution in [0.2, 0.25) is 0 Å². The first kappa shape index (κ1) is 23.5. The van der Waals surface area contributed by atoms with Crippen molar-refractivity contribution in [1.29, 1.82) is 0 Å². The first-order valence-electron chi connectivity index (χ1n) is 9.47. The maximum absolute atomic E-state index is 12.4. The van der Waals surface area contributed by atoms with E-state index in [4.69, 9.17) is 14.2 Å². The Balaban J connectivity index is 1.59. The minimum absolute atomic E-state index is 0.240. The Kier molecular flexibility index (Phi) is 7.71. The van der Waals surface area contributed by atoms with Gasteiger partial charge in [0.1, 0.15) is 6.61 Å². The predicted octanol–water partition coefficient (Wildman–Crippen LogP) is 6.43. The van der Waals surface area contributed by atoms with Crippen LogP contribution in [0.4, 0.5) is 0 Å². The fraction of sp³-hybridized carbons (Fsp3) is 0.0833. The molecule has 0 atom stereocenters. The zero-order valence-corrected chi connectivity index (χ0v) is 23.2. The molecule has 0 unspecified atom stereocenters. The van der Waals surface area contributed by atoms with Crippen molar-refractivity contribution in [3.05, 3.63) is 93.8 Å². The molecule has 0 spiro atoms. The van der Waals surface area contributed by atoms with E-state index in [0.29, 0.717) is 24.0 Å². The van der Waals surface area contributed by atoms with E-state index in [1.54, 1.807) is 13.2 Å². The molecule has 0 aromatic heterocycles. The Morgan fingerprint density at radius 3 is 2.47 bits per heavy atom. The molecule has 0 fully saturated rings. The number of carbonyl (C=O) groups is 1. The number of carbonyl (C=O) groups excluding carboxylic acids is 1. The van der Waals surface area contributed by atoms with Gasteiger partial charge in [-0.2, -0.15) is 0 Å². The second-order valence-electron chi connectivity index (χ2n) is 6.76. The Bertz CT molecular complexity index is 1240. The second-order valence-corrected chi connectivity index (χ2v) is 10.3. The molecule has 0 radical (unpaired) electrons. The molecular weight excluding hydrogens is 747 g/mol. The summed E-state index contributed by atoms with van der Waals surface area (Å²) in [5.41, 5.74) is 2.87. The van der Waals surface area contributed by atoms with Gasteiger partial charge < -0.3 is 14.2 Å². The molecule has 32 heavy (non-hydrogen) atoms. The molecule has 8 heteroatoms. The Morgan fingerprint density at radius 2 is 1.75 bits per heavy atom. The second kappa shape index (κ2) is 10.5. The molecule has 1 aliphatic heterocycles. The highest BCUT2D eigenvalue weighted by Gasteiger charge is 2.24. The van der Waals surface area contributed by atoms with Crippen molar-refractivity contribution in [1.82, 2.24) is 0 Å². The van der Waals surface area contributed by atoms with Crippen LogP contribution >= 0.6 is 67.8 Å². The van der Waals surface area contributed by atoms with Crippen LogP contribution in [0, 0.1) is 10.7 Å². The average Bonchev–Trinajstić information content (AvgIpc) is 3.14. The van der Waals surface area contributed by atoms with Crippen molar-refractivity contribution >= 4 is 85.7 Å². The van der Waals surface area contributed by atoms with Crippen molar-refractivity contribution in [2.75, 3.05) is 7.11 Å². The lowest BCUT2D eigenvalue weighted by Crippen LogP contribution is -2.05.